The Bertz CT molecular complexity index is 348. The van der Waals surface area contributed by atoms with Crippen molar-refractivity contribution < 1.29 is 9.59 Å². The van der Waals surface area contributed by atoms with E-state index < -0.39 is 0 Å². The third kappa shape index (κ3) is 5.28. The summed E-state index contributed by atoms with van der Waals surface area (Å²) >= 11 is 0. The molecule has 0 radical (unpaired) electrons. The zero-order chi connectivity index (χ0) is 15.1. The topological polar surface area (TPSA) is 55.9 Å². The number of piperazine rings is 1. The Morgan fingerprint density at radius 2 is 1.48 bits per heavy atom. The molecule has 0 aromatic heterocycles. The number of carbonyl (C=O) groups excluding carboxylic acids is 2. The molecule has 0 unspecified atom stereocenters. The van der Waals surface area contributed by atoms with E-state index in [4.69, 9.17) is 0 Å². The molecule has 0 bridgehead atoms. The van der Waals surface area contributed by atoms with Gasteiger partial charge in [0.25, 0.3) is 0 Å². The highest BCUT2D eigenvalue weighted by atomic mass is 16.2. The molecule has 2 heterocycles. The van der Waals surface area contributed by atoms with Crippen molar-refractivity contribution >= 4 is 11.8 Å². The van der Waals surface area contributed by atoms with E-state index >= 15 is 0 Å². The Labute approximate surface area is 127 Å². The summed E-state index contributed by atoms with van der Waals surface area (Å²) in [5.74, 6) is 0.364. The average Bonchev–Trinajstić information content (AvgIpc) is 2.52. The minimum Gasteiger partial charge on any atom is -0.343 e. The first kappa shape index (κ1) is 16.2. The van der Waals surface area contributed by atoms with Crippen molar-refractivity contribution in [1.29, 1.82) is 0 Å². The van der Waals surface area contributed by atoms with Crippen LogP contribution in [0.1, 0.15) is 25.7 Å². The van der Waals surface area contributed by atoms with Gasteiger partial charge >= 0.3 is 0 Å². The lowest BCUT2D eigenvalue weighted by molar-refractivity contribution is -0.133. The Balaban J connectivity index is 1.56. The van der Waals surface area contributed by atoms with Crippen LogP contribution in [0.2, 0.25) is 0 Å². The quantitative estimate of drug-likeness (QED) is 0.711. The second-order valence-corrected chi connectivity index (χ2v) is 6.05. The largest absolute Gasteiger partial charge is 0.343 e. The number of likely N-dealkylation sites (tertiary alicyclic amines) is 1. The summed E-state index contributed by atoms with van der Waals surface area (Å²) in [5.41, 5.74) is 0. The fourth-order valence-corrected chi connectivity index (χ4v) is 2.86. The average molecular weight is 296 g/mol. The highest BCUT2D eigenvalue weighted by molar-refractivity contribution is 5.79. The molecule has 120 valence electrons. The molecule has 0 aromatic carbocycles. The van der Waals surface area contributed by atoms with Crippen LogP contribution >= 0.6 is 0 Å². The van der Waals surface area contributed by atoms with E-state index in [1.807, 2.05) is 9.80 Å². The molecular weight excluding hydrogens is 268 g/mol. The number of nitrogens with zero attached hydrogens (tertiary/aromatic N) is 3. The lowest BCUT2D eigenvalue weighted by Gasteiger charge is -2.32. The first-order valence-corrected chi connectivity index (χ1v) is 8.11. The normalized spacial score (nSPS) is 20.6. The summed E-state index contributed by atoms with van der Waals surface area (Å²) < 4.78 is 0. The summed E-state index contributed by atoms with van der Waals surface area (Å²) in [6.07, 6.45) is 3.99. The van der Waals surface area contributed by atoms with Gasteiger partial charge in [0.1, 0.15) is 0 Å². The second-order valence-electron chi connectivity index (χ2n) is 6.05. The Hall–Kier alpha value is -1.14. The van der Waals surface area contributed by atoms with Crippen LogP contribution in [0.3, 0.4) is 0 Å². The van der Waals surface area contributed by atoms with Gasteiger partial charge in [-0.2, -0.15) is 0 Å². The van der Waals surface area contributed by atoms with E-state index in [1.165, 1.54) is 6.42 Å². The number of amides is 2. The van der Waals surface area contributed by atoms with Crippen molar-refractivity contribution in [3.8, 4) is 0 Å². The van der Waals surface area contributed by atoms with Gasteiger partial charge in [-0.3, -0.25) is 9.59 Å². The Morgan fingerprint density at radius 3 is 2.14 bits per heavy atom. The van der Waals surface area contributed by atoms with Crippen molar-refractivity contribution in [2.75, 3.05) is 59.4 Å². The molecule has 21 heavy (non-hydrogen) atoms. The zero-order valence-electron chi connectivity index (χ0n) is 13.1. The van der Waals surface area contributed by atoms with E-state index in [-0.39, 0.29) is 11.8 Å². The molecule has 0 atom stereocenters. The summed E-state index contributed by atoms with van der Waals surface area (Å²) in [4.78, 5) is 30.1. The number of piperidine rings is 1. The highest BCUT2D eigenvalue weighted by Gasteiger charge is 2.19. The van der Waals surface area contributed by atoms with Gasteiger partial charge in [0.05, 0.1) is 6.54 Å². The first-order valence-electron chi connectivity index (χ1n) is 8.11. The number of rotatable bonds is 5. The van der Waals surface area contributed by atoms with Crippen LogP contribution in [0.25, 0.3) is 0 Å². The maximum Gasteiger partial charge on any atom is 0.236 e. The van der Waals surface area contributed by atoms with Crippen molar-refractivity contribution in [2.24, 2.45) is 0 Å². The van der Waals surface area contributed by atoms with E-state index in [0.29, 0.717) is 19.5 Å². The summed E-state index contributed by atoms with van der Waals surface area (Å²) in [5, 5.41) is 3.11. The van der Waals surface area contributed by atoms with Gasteiger partial charge in [-0.1, -0.05) is 0 Å². The van der Waals surface area contributed by atoms with Gasteiger partial charge in [0.15, 0.2) is 0 Å². The summed E-state index contributed by atoms with van der Waals surface area (Å²) in [6, 6.07) is 0. The van der Waals surface area contributed by atoms with Crippen molar-refractivity contribution in [2.45, 2.75) is 25.7 Å². The van der Waals surface area contributed by atoms with Crippen molar-refractivity contribution in [3.63, 3.8) is 0 Å². The smallest absolute Gasteiger partial charge is 0.236 e. The van der Waals surface area contributed by atoms with Crippen LogP contribution in [0.5, 0.6) is 0 Å². The fraction of sp³-hybridized carbons (Fsp3) is 0.867. The zero-order valence-corrected chi connectivity index (χ0v) is 13.1. The Kier molecular flexibility index (Phi) is 6.45. The van der Waals surface area contributed by atoms with Crippen molar-refractivity contribution in [1.82, 2.24) is 20.0 Å². The molecule has 2 rings (SSSR count). The van der Waals surface area contributed by atoms with E-state index in [9.17, 15) is 9.59 Å². The van der Waals surface area contributed by atoms with E-state index in [1.54, 1.807) is 0 Å². The molecule has 0 saturated carbocycles. The molecule has 6 heteroatoms. The SMILES string of the molecule is CN1CCN(C(=O)CNCCC(=O)N2CCCCC2)CC1. The summed E-state index contributed by atoms with van der Waals surface area (Å²) in [7, 11) is 2.08. The molecular formula is C15H28N4O2. The van der Waals surface area contributed by atoms with Crippen LogP contribution in [-0.2, 0) is 9.59 Å². The summed E-state index contributed by atoms with van der Waals surface area (Å²) in [6.45, 7) is 6.25. The predicted molar refractivity (Wildman–Crippen MR) is 82.0 cm³/mol. The van der Waals surface area contributed by atoms with Gasteiger partial charge in [0, 0.05) is 52.2 Å². The number of carbonyl (C=O) groups is 2. The minimum atomic E-state index is 0.147. The minimum absolute atomic E-state index is 0.147. The molecule has 2 aliphatic rings. The van der Waals surface area contributed by atoms with Crippen LogP contribution < -0.4 is 5.32 Å². The molecule has 0 aromatic rings. The molecule has 2 saturated heterocycles. The molecule has 0 aliphatic carbocycles. The number of nitrogens with one attached hydrogen (secondary N) is 1. The van der Waals surface area contributed by atoms with Gasteiger partial charge in [-0.25, -0.2) is 0 Å². The maximum atomic E-state index is 12.0. The number of hydrogen-bond acceptors (Lipinski definition) is 4. The van der Waals surface area contributed by atoms with Crippen molar-refractivity contribution in [3.05, 3.63) is 0 Å². The lowest BCUT2D eigenvalue weighted by Crippen LogP contribution is -2.49. The lowest BCUT2D eigenvalue weighted by atomic mass is 10.1. The third-order valence-corrected chi connectivity index (χ3v) is 4.36. The van der Waals surface area contributed by atoms with Gasteiger partial charge in [-0.15, -0.1) is 0 Å². The predicted octanol–water partition coefficient (Wildman–Crippen LogP) is -0.247. The van der Waals surface area contributed by atoms with E-state index in [0.717, 1.165) is 52.1 Å². The molecule has 2 amide bonds. The fourth-order valence-electron chi connectivity index (χ4n) is 2.86. The highest BCUT2D eigenvalue weighted by Crippen LogP contribution is 2.09. The van der Waals surface area contributed by atoms with Crippen LogP contribution in [0, 0.1) is 0 Å². The third-order valence-electron chi connectivity index (χ3n) is 4.36. The molecule has 2 fully saturated rings. The number of hydrogen-bond donors (Lipinski definition) is 1. The molecule has 0 spiro atoms. The van der Waals surface area contributed by atoms with Crippen LogP contribution in [-0.4, -0.2) is 85.9 Å². The maximum absolute atomic E-state index is 12.0. The second kappa shape index (κ2) is 8.34. The Morgan fingerprint density at radius 1 is 0.857 bits per heavy atom. The number of likely N-dealkylation sites (N-methyl/N-ethyl adjacent to an activating group) is 1. The van der Waals surface area contributed by atoms with Gasteiger partial charge in [0.2, 0.25) is 11.8 Å². The van der Waals surface area contributed by atoms with Gasteiger partial charge < -0.3 is 20.0 Å². The molecule has 2 aliphatic heterocycles. The van der Waals surface area contributed by atoms with Gasteiger partial charge in [-0.05, 0) is 26.3 Å². The van der Waals surface area contributed by atoms with Crippen LogP contribution in [0.15, 0.2) is 0 Å². The standard InChI is InChI=1S/C15H28N4O2/c1-17-9-11-19(12-10-17)15(21)13-16-6-5-14(20)18-7-3-2-4-8-18/h16H,2-13H2,1H3. The first-order chi connectivity index (χ1) is 10.2. The van der Waals surface area contributed by atoms with Crippen LogP contribution in [0.4, 0.5) is 0 Å². The monoisotopic (exact) mass is 296 g/mol. The molecule has 1 N–H and O–H groups in total. The molecule has 6 nitrogen and oxygen atoms in total. The van der Waals surface area contributed by atoms with E-state index in [2.05, 4.69) is 17.3 Å².